The van der Waals surface area contributed by atoms with Crippen LogP contribution in [0.5, 0.6) is 5.75 Å². The van der Waals surface area contributed by atoms with E-state index in [4.69, 9.17) is 9.52 Å². The lowest BCUT2D eigenvalue weighted by atomic mass is 10.1. The SMILES string of the molecule is COc1ccccc1CC(=O)Nc1cc(S(C)(=N)=O)c2cn(Cc3ccc(F)cc3)nc2c1. The summed E-state index contributed by atoms with van der Waals surface area (Å²) < 4.78 is 41.0. The number of aromatic nitrogens is 2. The van der Waals surface area contributed by atoms with Gasteiger partial charge >= 0.3 is 0 Å². The van der Waals surface area contributed by atoms with Crippen LogP contribution < -0.4 is 10.1 Å². The molecule has 1 heterocycles. The van der Waals surface area contributed by atoms with Crippen molar-refractivity contribution < 1.29 is 18.1 Å². The van der Waals surface area contributed by atoms with Crippen molar-refractivity contribution in [2.45, 2.75) is 17.9 Å². The molecule has 1 aromatic heterocycles. The van der Waals surface area contributed by atoms with E-state index in [9.17, 15) is 13.4 Å². The highest BCUT2D eigenvalue weighted by atomic mass is 32.2. The maximum absolute atomic E-state index is 13.2. The Hall–Kier alpha value is -3.72. The number of rotatable bonds is 7. The van der Waals surface area contributed by atoms with Gasteiger partial charge in [0.1, 0.15) is 11.6 Å². The van der Waals surface area contributed by atoms with E-state index in [1.165, 1.54) is 18.4 Å². The summed E-state index contributed by atoms with van der Waals surface area (Å²) in [6.45, 7) is 0.382. The normalized spacial score (nSPS) is 12.9. The summed E-state index contributed by atoms with van der Waals surface area (Å²) in [4.78, 5) is 13.0. The third-order valence-electron chi connectivity index (χ3n) is 5.14. The third kappa shape index (κ3) is 5.20. The Morgan fingerprint density at radius 2 is 1.91 bits per heavy atom. The Morgan fingerprint density at radius 1 is 1.18 bits per heavy atom. The van der Waals surface area contributed by atoms with Gasteiger partial charge in [-0.3, -0.25) is 9.48 Å². The van der Waals surface area contributed by atoms with Crippen LogP contribution in [0.1, 0.15) is 11.1 Å². The van der Waals surface area contributed by atoms with Crippen LogP contribution in [0.2, 0.25) is 0 Å². The van der Waals surface area contributed by atoms with Crippen molar-refractivity contribution in [3.05, 3.63) is 83.8 Å². The largest absolute Gasteiger partial charge is 0.496 e. The summed E-state index contributed by atoms with van der Waals surface area (Å²) in [6, 6.07) is 16.6. The fraction of sp³-hybridized carbons (Fsp3) is 0.167. The molecule has 1 amide bonds. The second kappa shape index (κ2) is 9.03. The molecule has 0 aliphatic carbocycles. The molecule has 0 aliphatic heterocycles. The summed E-state index contributed by atoms with van der Waals surface area (Å²) in [5.41, 5.74) is 2.50. The maximum atomic E-state index is 13.2. The quantitative estimate of drug-likeness (QED) is 0.421. The van der Waals surface area contributed by atoms with E-state index < -0.39 is 9.73 Å². The van der Waals surface area contributed by atoms with E-state index in [1.807, 2.05) is 18.2 Å². The molecule has 3 aromatic carbocycles. The second-order valence-corrected chi connectivity index (χ2v) is 9.87. The molecule has 0 radical (unpaired) electrons. The lowest BCUT2D eigenvalue weighted by molar-refractivity contribution is -0.115. The van der Waals surface area contributed by atoms with Crippen LogP contribution in [0.4, 0.5) is 10.1 Å². The number of methoxy groups -OCH3 is 1. The summed E-state index contributed by atoms with van der Waals surface area (Å²) >= 11 is 0. The molecule has 2 N–H and O–H groups in total. The number of anilines is 1. The Bertz CT molecular complexity index is 1430. The minimum absolute atomic E-state index is 0.0960. The van der Waals surface area contributed by atoms with Crippen molar-refractivity contribution in [1.82, 2.24) is 9.78 Å². The lowest BCUT2D eigenvalue weighted by Crippen LogP contribution is -2.15. The number of ether oxygens (including phenoxy) is 1. The molecule has 4 rings (SSSR count). The van der Waals surface area contributed by atoms with Crippen LogP contribution in [-0.2, 0) is 27.5 Å². The zero-order chi connectivity index (χ0) is 23.6. The smallest absolute Gasteiger partial charge is 0.228 e. The molecule has 9 heteroatoms. The zero-order valence-corrected chi connectivity index (χ0v) is 19.0. The van der Waals surface area contributed by atoms with Crippen molar-refractivity contribution >= 4 is 32.2 Å². The fourth-order valence-corrected chi connectivity index (χ4v) is 4.55. The third-order valence-corrected chi connectivity index (χ3v) is 6.32. The molecule has 4 aromatic rings. The van der Waals surface area contributed by atoms with Gasteiger partial charge in [-0.25, -0.2) is 13.4 Å². The number of carbonyl (C=O) groups excluding carboxylic acids is 1. The van der Waals surface area contributed by atoms with E-state index >= 15 is 0 Å². The van der Waals surface area contributed by atoms with Gasteiger partial charge in [-0.1, -0.05) is 30.3 Å². The maximum Gasteiger partial charge on any atom is 0.228 e. The number of halogens is 1. The fourth-order valence-electron chi connectivity index (χ4n) is 3.62. The van der Waals surface area contributed by atoms with Gasteiger partial charge in [-0.2, -0.15) is 5.10 Å². The van der Waals surface area contributed by atoms with Gasteiger partial charge in [-0.15, -0.1) is 0 Å². The van der Waals surface area contributed by atoms with E-state index in [-0.39, 0.29) is 23.0 Å². The minimum atomic E-state index is -3.10. The van der Waals surface area contributed by atoms with Crippen LogP contribution in [-0.4, -0.2) is 33.3 Å². The molecule has 33 heavy (non-hydrogen) atoms. The Labute approximate surface area is 191 Å². The molecular weight excluding hydrogens is 443 g/mol. The van der Waals surface area contributed by atoms with Gasteiger partial charge in [0.05, 0.1) is 40.2 Å². The molecule has 170 valence electrons. The van der Waals surface area contributed by atoms with E-state index in [0.29, 0.717) is 28.9 Å². The highest BCUT2D eigenvalue weighted by Crippen LogP contribution is 2.28. The molecule has 1 unspecified atom stereocenters. The number of hydrogen-bond donors (Lipinski definition) is 2. The molecule has 0 saturated heterocycles. The van der Waals surface area contributed by atoms with Crippen molar-refractivity contribution in [3.63, 3.8) is 0 Å². The first kappa shape index (κ1) is 22.5. The van der Waals surface area contributed by atoms with Crippen molar-refractivity contribution in [3.8, 4) is 5.75 Å². The Morgan fingerprint density at radius 3 is 2.61 bits per heavy atom. The van der Waals surface area contributed by atoms with Crippen LogP contribution in [0, 0.1) is 10.6 Å². The first-order valence-electron chi connectivity index (χ1n) is 10.1. The monoisotopic (exact) mass is 466 g/mol. The highest BCUT2D eigenvalue weighted by molar-refractivity contribution is 7.92. The van der Waals surface area contributed by atoms with Crippen LogP contribution >= 0.6 is 0 Å². The van der Waals surface area contributed by atoms with Crippen molar-refractivity contribution in [1.29, 1.82) is 4.78 Å². The number of carbonyl (C=O) groups is 1. The molecular formula is C24H23FN4O3S. The van der Waals surface area contributed by atoms with Gasteiger partial charge < -0.3 is 10.1 Å². The molecule has 0 saturated carbocycles. The van der Waals surface area contributed by atoms with Gasteiger partial charge in [0.2, 0.25) is 5.91 Å². The molecule has 0 spiro atoms. The number of hydrogen-bond acceptors (Lipinski definition) is 5. The number of nitrogens with one attached hydrogen (secondary N) is 2. The van der Waals surface area contributed by atoms with E-state index in [1.54, 1.807) is 48.3 Å². The first-order valence-corrected chi connectivity index (χ1v) is 12.1. The van der Waals surface area contributed by atoms with Gasteiger partial charge in [0.15, 0.2) is 0 Å². The number of nitrogens with zero attached hydrogens (tertiary/aromatic N) is 2. The number of fused-ring (bicyclic) bond motifs is 1. The Balaban J connectivity index is 1.64. The van der Waals surface area contributed by atoms with Crippen LogP contribution in [0.15, 0.2) is 71.8 Å². The van der Waals surface area contributed by atoms with Gasteiger partial charge in [0.25, 0.3) is 0 Å². The molecule has 0 aliphatic rings. The van der Waals surface area contributed by atoms with E-state index in [0.717, 1.165) is 11.1 Å². The van der Waals surface area contributed by atoms with Gasteiger partial charge in [-0.05, 0) is 35.9 Å². The van der Waals surface area contributed by atoms with E-state index in [2.05, 4.69) is 10.4 Å². The topological polar surface area (TPSA) is 97.1 Å². The standard InChI is InChI=1S/C24H23FN4O3S/c1-32-22-6-4-3-5-17(22)11-24(30)27-19-12-21-20(23(13-19)33(2,26)31)15-29(28-21)14-16-7-9-18(25)10-8-16/h3-10,12-13,15,26H,11,14H2,1-2H3,(H,27,30). The van der Waals surface area contributed by atoms with Crippen LogP contribution in [0.25, 0.3) is 10.9 Å². The first-order chi connectivity index (χ1) is 15.7. The number of benzene rings is 3. The molecule has 1 atom stereocenters. The minimum Gasteiger partial charge on any atom is -0.496 e. The summed E-state index contributed by atoms with van der Waals surface area (Å²) in [6.07, 6.45) is 3.14. The average molecular weight is 467 g/mol. The zero-order valence-electron chi connectivity index (χ0n) is 18.2. The predicted molar refractivity (Wildman–Crippen MR) is 126 cm³/mol. The average Bonchev–Trinajstić information content (AvgIpc) is 3.16. The molecule has 0 fully saturated rings. The number of amides is 1. The summed E-state index contributed by atoms with van der Waals surface area (Å²) in [7, 11) is -1.55. The highest BCUT2D eigenvalue weighted by Gasteiger charge is 2.16. The predicted octanol–water partition coefficient (Wildman–Crippen LogP) is 4.45. The second-order valence-electron chi connectivity index (χ2n) is 7.74. The van der Waals surface area contributed by atoms with Gasteiger partial charge in [0, 0.05) is 29.1 Å². The van der Waals surface area contributed by atoms with Crippen molar-refractivity contribution in [2.24, 2.45) is 0 Å². The van der Waals surface area contributed by atoms with Crippen molar-refractivity contribution in [2.75, 3.05) is 18.7 Å². The molecule has 7 nitrogen and oxygen atoms in total. The summed E-state index contributed by atoms with van der Waals surface area (Å²) in [5, 5.41) is 7.92. The molecule has 0 bridgehead atoms. The lowest BCUT2D eigenvalue weighted by Gasteiger charge is -2.11. The van der Waals surface area contributed by atoms with Crippen LogP contribution in [0.3, 0.4) is 0 Å². The Kier molecular flexibility index (Phi) is 6.15. The summed E-state index contributed by atoms with van der Waals surface area (Å²) in [5.74, 6) is 0.0225. The number of para-hydroxylation sites is 1.